The first-order chi connectivity index (χ1) is 7.24. The molecule has 0 radical (unpaired) electrons. The Kier molecular flexibility index (Phi) is 4.40. The Hall–Kier alpha value is -1.78. The Balaban J connectivity index is 2.21. The van der Waals surface area contributed by atoms with Crippen molar-refractivity contribution in [1.82, 2.24) is 5.32 Å². The summed E-state index contributed by atoms with van der Waals surface area (Å²) in [6.45, 7) is 2.36. The van der Waals surface area contributed by atoms with Gasteiger partial charge in [0.2, 0.25) is 0 Å². The monoisotopic (exact) mass is 211 g/mol. The summed E-state index contributed by atoms with van der Waals surface area (Å²) in [7, 11) is 0. The van der Waals surface area contributed by atoms with E-state index in [-0.39, 0.29) is 24.8 Å². The second-order valence-electron chi connectivity index (χ2n) is 2.82. The molecular weight excluding hydrogens is 198 g/mol. The zero-order valence-corrected chi connectivity index (χ0v) is 8.49. The van der Waals surface area contributed by atoms with Crippen molar-refractivity contribution in [3.63, 3.8) is 0 Å². The molecule has 5 heteroatoms. The van der Waals surface area contributed by atoms with E-state index in [1.54, 1.807) is 13.0 Å². The number of nitrogens with one attached hydrogen (secondary N) is 1. The average molecular weight is 211 g/mol. The molecule has 1 heterocycles. The van der Waals surface area contributed by atoms with Gasteiger partial charge in [-0.1, -0.05) is 0 Å². The minimum atomic E-state index is -0.315. The van der Waals surface area contributed by atoms with Gasteiger partial charge >= 0.3 is 5.97 Å². The lowest BCUT2D eigenvalue weighted by molar-refractivity contribution is -0.142. The van der Waals surface area contributed by atoms with Crippen molar-refractivity contribution >= 4 is 11.9 Å². The Labute approximate surface area is 87.4 Å². The first kappa shape index (κ1) is 11.3. The van der Waals surface area contributed by atoms with Gasteiger partial charge in [-0.15, -0.1) is 0 Å². The molecular formula is C10H13NO4. The fourth-order valence-electron chi connectivity index (χ4n) is 1.01. The van der Waals surface area contributed by atoms with E-state index in [0.29, 0.717) is 12.2 Å². The van der Waals surface area contributed by atoms with Crippen LogP contribution in [-0.4, -0.2) is 25.0 Å². The number of rotatable bonds is 5. The predicted octanol–water partition coefficient (Wildman–Crippen LogP) is 0.963. The van der Waals surface area contributed by atoms with Gasteiger partial charge in [0, 0.05) is 6.54 Å². The highest BCUT2D eigenvalue weighted by molar-refractivity contribution is 5.93. The van der Waals surface area contributed by atoms with Crippen molar-refractivity contribution in [3.05, 3.63) is 24.2 Å². The minimum Gasteiger partial charge on any atom is -0.472 e. The van der Waals surface area contributed by atoms with Gasteiger partial charge in [-0.2, -0.15) is 0 Å². The zero-order valence-electron chi connectivity index (χ0n) is 8.49. The van der Waals surface area contributed by atoms with E-state index in [4.69, 9.17) is 9.15 Å². The first-order valence-electron chi connectivity index (χ1n) is 4.70. The van der Waals surface area contributed by atoms with Crippen LogP contribution in [0.4, 0.5) is 0 Å². The van der Waals surface area contributed by atoms with Gasteiger partial charge in [0.25, 0.3) is 5.91 Å². The summed E-state index contributed by atoms with van der Waals surface area (Å²) in [4.78, 5) is 22.2. The number of esters is 1. The fraction of sp³-hybridized carbons (Fsp3) is 0.400. The fourth-order valence-corrected chi connectivity index (χ4v) is 1.01. The van der Waals surface area contributed by atoms with Crippen LogP contribution in [0.25, 0.3) is 0 Å². The molecule has 1 rings (SSSR count). The highest BCUT2D eigenvalue weighted by Crippen LogP contribution is 1.98. The third-order valence-electron chi connectivity index (χ3n) is 1.70. The lowest BCUT2D eigenvalue weighted by Crippen LogP contribution is -2.26. The molecule has 0 fully saturated rings. The molecule has 5 nitrogen and oxygen atoms in total. The van der Waals surface area contributed by atoms with E-state index in [2.05, 4.69) is 5.32 Å². The molecule has 82 valence electrons. The maximum atomic E-state index is 11.3. The average Bonchev–Trinajstić information content (AvgIpc) is 2.70. The van der Waals surface area contributed by atoms with Crippen LogP contribution in [0.2, 0.25) is 0 Å². The van der Waals surface area contributed by atoms with Gasteiger partial charge in [-0.25, -0.2) is 0 Å². The maximum absolute atomic E-state index is 11.3. The van der Waals surface area contributed by atoms with E-state index in [1.807, 2.05) is 0 Å². The molecule has 0 aromatic carbocycles. The smallest absolute Gasteiger partial charge is 0.307 e. The van der Waals surface area contributed by atoms with Crippen LogP contribution in [0.3, 0.4) is 0 Å². The van der Waals surface area contributed by atoms with Crippen LogP contribution in [0.5, 0.6) is 0 Å². The third kappa shape index (κ3) is 3.84. The molecule has 0 aliphatic carbocycles. The van der Waals surface area contributed by atoms with Gasteiger partial charge in [-0.3, -0.25) is 9.59 Å². The lowest BCUT2D eigenvalue weighted by Gasteiger charge is -2.03. The van der Waals surface area contributed by atoms with Crippen molar-refractivity contribution in [2.45, 2.75) is 13.3 Å². The Bertz CT molecular complexity index is 318. The molecule has 1 aromatic heterocycles. The number of ether oxygens (including phenoxy) is 1. The van der Waals surface area contributed by atoms with Crippen LogP contribution < -0.4 is 5.32 Å². The predicted molar refractivity (Wildman–Crippen MR) is 52.3 cm³/mol. The van der Waals surface area contributed by atoms with Crippen LogP contribution in [0.15, 0.2) is 23.0 Å². The number of amides is 1. The molecule has 0 bridgehead atoms. The molecule has 0 atom stereocenters. The van der Waals surface area contributed by atoms with Gasteiger partial charge in [0.15, 0.2) is 0 Å². The van der Waals surface area contributed by atoms with Crippen molar-refractivity contribution < 1.29 is 18.7 Å². The number of carbonyl (C=O) groups is 2. The van der Waals surface area contributed by atoms with Crippen LogP contribution in [-0.2, 0) is 9.53 Å². The van der Waals surface area contributed by atoms with Crippen molar-refractivity contribution in [2.75, 3.05) is 13.2 Å². The molecule has 0 saturated carbocycles. The summed E-state index contributed by atoms with van der Waals surface area (Å²) in [6.07, 6.45) is 2.94. The highest BCUT2D eigenvalue weighted by Gasteiger charge is 2.07. The zero-order chi connectivity index (χ0) is 11.1. The third-order valence-corrected chi connectivity index (χ3v) is 1.70. The molecule has 0 aliphatic heterocycles. The minimum absolute atomic E-state index is 0.178. The summed E-state index contributed by atoms with van der Waals surface area (Å²) in [5.74, 6) is -0.571. The summed E-state index contributed by atoms with van der Waals surface area (Å²) in [5, 5.41) is 2.57. The Morgan fingerprint density at radius 2 is 2.33 bits per heavy atom. The van der Waals surface area contributed by atoms with Crippen molar-refractivity contribution in [3.8, 4) is 0 Å². The molecule has 0 unspecified atom stereocenters. The molecule has 1 amide bonds. The van der Waals surface area contributed by atoms with Crippen LogP contribution in [0.1, 0.15) is 23.7 Å². The topological polar surface area (TPSA) is 68.5 Å². The largest absolute Gasteiger partial charge is 0.472 e. The lowest BCUT2D eigenvalue weighted by atomic mass is 10.3. The SMILES string of the molecule is CCOC(=O)CCNC(=O)c1ccoc1. The Morgan fingerprint density at radius 1 is 1.53 bits per heavy atom. The van der Waals surface area contributed by atoms with Gasteiger partial charge in [0.05, 0.1) is 24.9 Å². The highest BCUT2D eigenvalue weighted by atomic mass is 16.5. The number of hydrogen-bond donors (Lipinski definition) is 1. The van der Waals surface area contributed by atoms with Gasteiger partial charge in [-0.05, 0) is 13.0 Å². The van der Waals surface area contributed by atoms with Crippen LogP contribution >= 0.6 is 0 Å². The number of hydrogen-bond acceptors (Lipinski definition) is 4. The second kappa shape index (κ2) is 5.85. The molecule has 0 aliphatic rings. The van der Waals surface area contributed by atoms with Crippen molar-refractivity contribution in [1.29, 1.82) is 0 Å². The van der Waals surface area contributed by atoms with Gasteiger partial charge in [0.1, 0.15) is 6.26 Å². The number of carbonyl (C=O) groups excluding carboxylic acids is 2. The van der Waals surface area contributed by atoms with Crippen molar-refractivity contribution in [2.24, 2.45) is 0 Å². The van der Waals surface area contributed by atoms with E-state index < -0.39 is 0 Å². The Morgan fingerprint density at radius 3 is 2.93 bits per heavy atom. The standard InChI is InChI=1S/C10H13NO4/c1-2-15-9(12)3-5-11-10(13)8-4-6-14-7-8/h4,6-7H,2-3,5H2,1H3,(H,11,13). The van der Waals surface area contributed by atoms with E-state index >= 15 is 0 Å². The number of furan rings is 1. The molecule has 1 N–H and O–H groups in total. The normalized spacial score (nSPS) is 9.67. The van der Waals surface area contributed by atoms with Gasteiger partial charge < -0.3 is 14.5 Å². The summed E-state index contributed by atoms with van der Waals surface area (Å²) in [6, 6.07) is 1.56. The molecule has 0 saturated heterocycles. The summed E-state index contributed by atoms with van der Waals surface area (Å²) < 4.78 is 9.45. The van der Waals surface area contributed by atoms with E-state index in [0.717, 1.165) is 0 Å². The van der Waals surface area contributed by atoms with Crippen LogP contribution in [0, 0.1) is 0 Å². The van der Waals surface area contributed by atoms with E-state index in [9.17, 15) is 9.59 Å². The molecule has 15 heavy (non-hydrogen) atoms. The molecule has 1 aromatic rings. The second-order valence-corrected chi connectivity index (χ2v) is 2.82. The maximum Gasteiger partial charge on any atom is 0.307 e. The molecule has 0 spiro atoms. The first-order valence-corrected chi connectivity index (χ1v) is 4.70. The quantitative estimate of drug-likeness (QED) is 0.736. The van der Waals surface area contributed by atoms with E-state index in [1.165, 1.54) is 12.5 Å². The summed E-state index contributed by atoms with van der Waals surface area (Å²) >= 11 is 0. The summed E-state index contributed by atoms with van der Waals surface area (Å²) in [5.41, 5.74) is 0.443.